The fraction of sp³-hybridized carbons (Fsp3) is 0.600. The van der Waals surface area contributed by atoms with Crippen LogP contribution in [0, 0.1) is 0 Å². The summed E-state index contributed by atoms with van der Waals surface area (Å²) in [5.74, 6) is -2.42. The molecule has 3 aliphatic rings. The third-order valence-electron chi connectivity index (χ3n) is 7.44. The van der Waals surface area contributed by atoms with Crippen molar-refractivity contribution < 1.29 is 18.0 Å². The van der Waals surface area contributed by atoms with Gasteiger partial charge in [0, 0.05) is 30.9 Å². The van der Waals surface area contributed by atoms with Gasteiger partial charge in [0.25, 0.3) is 5.92 Å². The summed E-state index contributed by atoms with van der Waals surface area (Å²) in [6, 6.07) is 6.00. The Morgan fingerprint density at radius 2 is 1.97 bits per heavy atom. The molecular formula is C25H31F3N4O. The van der Waals surface area contributed by atoms with E-state index in [1.165, 1.54) is 0 Å². The normalized spacial score (nSPS) is 19.2. The number of aromatic nitrogens is 2. The highest BCUT2D eigenvalue weighted by Crippen LogP contribution is 2.48. The summed E-state index contributed by atoms with van der Waals surface area (Å²) in [7, 11) is 0. The second kappa shape index (κ2) is 8.15. The smallest absolute Gasteiger partial charge is 0.268 e. The van der Waals surface area contributed by atoms with E-state index in [-0.39, 0.29) is 18.4 Å². The molecule has 33 heavy (non-hydrogen) atoms. The first-order valence-electron chi connectivity index (χ1n) is 11.9. The zero-order chi connectivity index (χ0) is 23.4. The number of aryl methyl sites for hydroxylation is 1. The molecule has 1 N–H and O–H groups in total. The first-order chi connectivity index (χ1) is 15.8. The monoisotopic (exact) mass is 460 g/mol. The number of hydrogen-bond acceptors (Lipinski definition) is 3. The number of fused-ring (bicyclic) bond motifs is 3. The first kappa shape index (κ1) is 22.4. The largest absolute Gasteiger partial charge is 0.324 e. The van der Waals surface area contributed by atoms with Crippen LogP contribution in [0.5, 0.6) is 0 Å². The van der Waals surface area contributed by atoms with Crippen molar-refractivity contribution in [1.82, 2.24) is 14.9 Å². The highest BCUT2D eigenvalue weighted by Gasteiger charge is 2.56. The fourth-order valence-electron chi connectivity index (χ4n) is 5.67. The Kier molecular flexibility index (Phi) is 5.54. The molecule has 0 saturated carbocycles. The molecule has 8 heteroatoms. The Morgan fingerprint density at radius 3 is 2.64 bits per heavy atom. The minimum Gasteiger partial charge on any atom is -0.324 e. The van der Waals surface area contributed by atoms with Crippen molar-refractivity contribution in [3.8, 4) is 0 Å². The zero-order valence-corrected chi connectivity index (χ0v) is 19.3. The number of hydrogen-bond donors (Lipinski definition) is 1. The maximum absolute atomic E-state index is 14.5. The van der Waals surface area contributed by atoms with E-state index in [0.29, 0.717) is 25.3 Å². The standard InChI is InChI=1S/C25H31F3N4O/c1-16(2)17-6-5-9-20-22(17)24(13-29-14-24)23(33)31(20)12-21-30-18-7-3-4-8-19(18)32(21)15-25(27,28)10-11-26/h5-6,9,16,29H,3-4,7-8,10-15H2,1-2H3. The number of carbonyl (C=O) groups is 1. The molecule has 3 heterocycles. The van der Waals surface area contributed by atoms with Crippen molar-refractivity contribution in [3.05, 3.63) is 46.5 Å². The van der Waals surface area contributed by atoms with Crippen LogP contribution < -0.4 is 10.2 Å². The lowest BCUT2D eigenvalue weighted by atomic mass is 9.73. The number of benzene rings is 1. The third-order valence-corrected chi connectivity index (χ3v) is 7.44. The molecule has 178 valence electrons. The van der Waals surface area contributed by atoms with Crippen molar-refractivity contribution in [2.45, 2.75) is 76.3 Å². The molecule has 1 aromatic heterocycles. The molecule has 5 nitrogen and oxygen atoms in total. The van der Waals surface area contributed by atoms with Crippen molar-refractivity contribution in [1.29, 1.82) is 0 Å². The van der Waals surface area contributed by atoms with Crippen LogP contribution in [0.25, 0.3) is 0 Å². The van der Waals surface area contributed by atoms with E-state index >= 15 is 0 Å². The van der Waals surface area contributed by atoms with Crippen molar-refractivity contribution in [3.63, 3.8) is 0 Å². The Bertz CT molecular complexity index is 1070. The van der Waals surface area contributed by atoms with Gasteiger partial charge < -0.3 is 14.8 Å². The number of halogens is 3. The molecule has 1 fully saturated rings. The van der Waals surface area contributed by atoms with Crippen molar-refractivity contribution >= 4 is 11.6 Å². The van der Waals surface area contributed by atoms with E-state index in [2.05, 4.69) is 25.2 Å². The van der Waals surface area contributed by atoms with E-state index in [1.54, 1.807) is 9.47 Å². The average molecular weight is 461 g/mol. The average Bonchev–Trinajstić information content (AvgIpc) is 3.20. The number of amides is 1. The fourth-order valence-corrected chi connectivity index (χ4v) is 5.67. The van der Waals surface area contributed by atoms with Crippen LogP contribution in [-0.2, 0) is 36.1 Å². The molecule has 0 unspecified atom stereocenters. The molecule has 1 amide bonds. The highest BCUT2D eigenvalue weighted by molar-refractivity contribution is 6.09. The maximum atomic E-state index is 14.5. The summed E-state index contributed by atoms with van der Waals surface area (Å²) in [4.78, 5) is 20.2. The second-order valence-corrected chi connectivity index (χ2v) is 9.98. The highest BCUT2D eigenvalue weighted by atomic mass is 19.3. The Morgan fingerprint density at radius 1 is 1.21 bits per heavy atom. The summed E-state index contributed by atoms with van der Waals surface area (Å²) in [5.41, 5.74) is 4.14. The molecule has 1 aliphatic carbocycles. The quantitative estimate of drug-likeness (QED) is 0.672. The molecule has 1 saturated heterocycles. The summed E-state index contributed by atoms with van der Waals surface area (Å²) in [5, 5.41) is 3.26. The minimum atomic E-state index is -3.16. The van der Waals surface area contributed by atoms with Gasteiger partial charge in [-0.25, -0.2) is 13.8 Å². The second-order valence-electron chi connectivity index (χ2n) is 9.98. The van der Waals surface area contributed by atoms with Crippen molar-refractivity contribution in [2.24, 2.45) is 0 Å². The summed E-state index contributed by atoms with van der Waals surface area (Å²) in [6.07, 6.45) is 2.52. The summed E-state index contributed by atoms with van der Waals surface area (Å²) < 4.78 is 43.4. The Labute approximate surface area is 192 Å². The van der Waals surface area contributed by atoms with Crippen LogP contribution in [0.15, 0.2) is 18.2 Å². The molecule has 0 atom stereocenters. The van der Waals surface area contributed by atoms with Gasteiger partial charge in [0.05, 0.1) is 25.5 Å². The zero-order valence-electron chi connectivity index (χ0n) is 19.3. The van der Waals surface area contributed by atoms with Gasteiger partial charge in [-0.15, -0.1) is 0 Å². The summed E-state index contributed by atoms with van der Waals surface area (Å²) >= 11 is 0. The van der Waals surface area contributed by atoms with Gasteiger partial charge in [-0.1, -0.05) is 26.0 Å². The molecule has 1 spiro atoms. The molecular weight excluding hydrogens is 429 g/mol. The lowest BCUT2D eigenvalue weighted by Gasteiger charge is -2.39. The number of rotatable bonds is 7. The van der Waals surface area contributed by atoms with Crippen LogP contribution in [0.1, 0.15) is 67.4 Å². The number of nitrogens with zero attached hydrogens (tertiary/aromatic N) is 3. The van der Waals surface area contributed by atoms with Crippen LogP contribution in [0.2, 0.25) is 0 Å². The van der Waals surface area contributed by atoms with E-state index in [0.717, 1.165) is 47.5 Å². The van der Waals surface area contributed by atoms with Crippen LogP contribution in [0.3, 0.4) is 0 Å². The van der Waals surface area contributed by atoms with E-state index in [1.807, 2.05) is 12.1 Å². The van der Waals surface area contributed by atoms with Crippen LogP contribution in [-0.4, -0.2) is 41.1 Å². The van der Waals surface area contributed by atoms with Crippen LogP contribution >= 0.6 is 0 Å². The lowest BCUT2D eigenvalue weighted by molar-refractivity contribution is -0.125. The van der Waals surface area contributed by atoms with Gasteiger partial charge in [-0.3, -0.25) is 9.18 Å². The lowest BCUT2D eigenvalue weighted by Crippen LogP contribution is -2.62. The van der Waals surface area contributed by atoms with Gasteiger partial charge in [0.1, 0.15) is 11.2 Å². The predicted molar refractivity (Wildman–Crippen MR) is 121 cm³/mol. The van der Waals surface area contributed by atoms with Gasteiger partial charge in [0.15, 0.2) is 0 Å². The maximum Gasteiger partial charge on any atom is 0.268 e. The van der Waals surface area contributed by atoms with Gasteiger partial charge in [0.2, 0.25) is 5.91 Å². The number of carbonyl (C=O) groups excluding carboxylic acids is 1. The minimum absolute atomic E-state index is 0.00684. The number of imidazole rings is 1. The van der Waals surface area contributed by atoms with Gasteiger partial charge in [-0.2, -0.15) is 0 Å². The topological polar surface area (TPSA) is 50.2 Å². The van der Waals surface area contributed by atoms with E-state index < -0.39 is 31.0 Å². The number of anilines is 1. The molecule has 1 aromatic carbocycles. The van der Waals surface area contributed by atoms with E-state index in [9.17, 15) is 18.0 Å². The number of alkyl halides is 3. The van der Waals surface area contributed by atoms with Gasteiger partial charge in [-0.05, 0) is 48.8 Å². The molecule has 5 rings (SSSR count). The molecule has 2 aliphatic heterocycles. The molecule has 0 bridgehead atoms. The molecule has 0 radical (unpaired) electrons. The SMILES string of the molecule is CC(C)c1cccc2c1C1(CNC1)C(=O)N2Cc1nc2c(n1CC(F)(F)CCF)CCCC2. The molecule has 2 aromatic rings. The Hall–Kier alpha value is -2.35. The number of nitrogens with one attached hydrogen (secondary N) is 1. The van der Waals surface area contributed by atoms with Crippen molar-refractivity contribution in [2.75, 3.05) is 24.7 Å². The third kappa shape index (κ3) is 3.57. The van der Waals surface area contributed by atoms with Gasteiger partial charge >= 0.3 is 0 Å². The van der Waals surface area contributed by atoms with Crippen LogP contribution in [0.4, 0.5) is 18.9 Å². The Balaban J connectivity index is 1.56. The first-order valence-corrected chi connectivity index (χ1v) is 11.9. The predicted octanol–water partition coefficient (Wildman–Crippen LogP) is 4.27. The van der Waals surface area contributed by atoms with E-state index in [4.69, 9.17) is 4.98 Å². The summed E-state index contributed by atoms with van der Waals surface area (Å²) in [6.45, 7) is 3.89.